The Morgan fingerprint density at radius 2 is 2.10 bits per heavy atom. The molecule has 1 aromatic carbocycles. The fourth-order valence-electron chi connectivity index (χ4n) is 4.18. The van der Waals surface area contributed by atoms with Crippen LogP contribution in [-0.4, -0.2) is 40.3 Å². The molecule has 1 aliphatic rings. The van der Waals surface area contributed by atoms with E-state index in [0.29, 0.717) is 12.2 Å². The highest BCUT2D eigenvalue weighted by molar-refractivity contribution is 5.94. The van der Waals surface area contributed by atoms with Gasteiger partial charge in [-0.15, -0.1) is 0 Å². The second-order valence-corrected chi connectivity index (χ2v) is 7.90. The molecule has 8 heteroatoms. The first-order chi connectivity index (χ1) is 15.0. The van der Waals surface area contributed by atoms with E-state index in [1.54, 1.807) is 6.92 Å². The number of fused-ring (bicyclic) bond motifs is 1. The molecule has 0 fully saturated rings. The van der Waals surface area contributed by atoms with Gasteiger partial charge >= 0.3 is 0 Å². The summed E-state index contributed by atoms with van der Waals surface area (Å²) in [6.45, 7) is 5.23. The van der Waals surface area contributed by atoms with Crippen LogP contribution in [0.3, 0.4) is 0 Å². The molecule has 0 radical (unpaired) electrons. The highest BCUT2D eigenvalue weighted by Gasteiger charge is 2.33. The van der Waals surface area contributed by atoms with E-state index >= 15 is 0 Å². The summed E-state index contributed by atoms with van der Waals surface area (Å²) in [5.74, 6) is 0.142. The molecule has 1 aliphatic heterocycles. The Labute approximate surface area is 181 Å². The number of aromatic nitrogens is 3. The molecule has 7 nitrogen and oxygen atoms in total. The maximum Gasteiger partial charge on any atom is 0.224 e. The molecule has 0 saturated carbocycles. The summed E-state index contributed by atoms with van der Waals surface area (Å²) in [6.07, 6.45) is 6.00. The van der Waals surface area contributed by atoms with Gasteiger partial charge in [-0.2, -0.15) is 5.10 Å². The van der Waals surface area contributed by atoms with Gasteiger partial charge in [0.15, 0.2) is 0 Å². The first-order valence-electron chi connectivity index (χ1n) is 10.5. The van der Waals surface area contributed by atoms with Gasteiger partial charge < -0.3 is 15.5 Å². The smallest absolute Gasteiger partial charge is 0.224 e. The van der Waals surface area contributed by atoms with Crippen molar-refractivity contribution in [1.82, 2.24) is 20.1 Å². The minimum absolute atomic E-state index is 0.00344. The van der Waals surface area contributed by atoms with E-state index in [0.717, 1.165) is 35.5 Å². The van der Waals surface area contributed by atoms with Gasteiger partial charge in [-0.1, -0.05) is 6.07 Å². The van der Waals surface area contributed by atoms with Gasteiger partial charge in [0.1, 0.15) is 11.6 Å². The predicted octanol–water partition coefficient (Wildman–Crippen LogP) is 3.60. The number of nitrogens with zero attached hydrogens (tertiary/aromatic N) is 4. The van der Waals surface area contributed by atoms with Gasteiger partial charge in [-0.25, -0.2) is 9.37 Å². The van der Waals surface area contributed by atoms with Crippen LogP contribution < -0.4 is 15.5 Å². The first-order valence-corrected chi connectivity index (χ1v) is 10.5. The molecule has 0 unspecified atom stereocenters. The van der Waals surface area contributed by atoms with Gasteiger partial charge in [0.25, 0.3) is 0 Å². The molecule has 0 spiro atoms. The van der Waals surface area contributed by atoms with Crippen LogP contribution in [-0.2, 0) is 11.3 Å². The topological polar surface area (TPSA) is 75.1 Å². The van der Waals surface area contributed by atoms with Crippen LogP contribution in [0.25, 0.3) is 11.1 Å². The van der Waals surface area contributed by atoms with Crippen molar-refractivity contribution in [2.75, 3.05) is 23.8 Å². The Balaban J connectivity index is 1.71. The molecule has 2 N–H and O–H groups in total. The first kappa shape index (κ1) is 21.0. The molecule has 1 amide bonds. The third kappa shape index (κ3) is 4.44. The Hall–Kier alpha value is -3.26. The monoisotopic (exact) mass is 422 g/mol. The van der Waals surface area contributed by atoms with E-state index in [9.17, 15) is 9.18 Å². The number of amides is 1. The molecular formula is C23H27FN6O. The number of nitrogens with one attached hydrogen (secondary N) is 2. The van der Waals surface area contributed by atoms with E-state index < -0.39 is 0 Å². The van der Waals surface area contributed by atoms with Crippen molar-refractivity contribution >= 4 is 17.4 Å². The highest BCUT2D eigenvalue weighted by Crippen LogP contribution is 2.41. The van der Waals surface area contributed by atoms with Crippen molar-refractivity contribution in [3.8, 4) is 11.1 Å². The zero-order chi connectivity index (χ0) is 22.0. The second kappa shape index (κ2) is 8.85. The minimum Gasteiger partial charge on any atom is -0.363 e. The van der Waals surface area contributed by atoms with Gasteiger partial charge in [-0.3, -0.25) is 9.48 Å². The number of anilines is 2. The average Bonchev–Trinajstić information content (AvgIpc) is 3.21. The molecule has 0 bridgehead atoms. The third-order valence-corrected chi connectivity index (χ3v) is 5.62. The lowest BCUT2D eigenvalue weighted by atomic mass is 9.89. The van der Waals surface area contributed by atoms with E-state index in [-0.39, 0.29) is 23.8 Å². The van der Waals surface area contributed by atoms with Gasteiger partial charge in [0.2, 0.25) is 5.91 Å². The normalized spacial score (nSPS) is 18.0. The van der Waals surface area contributed by atoms with Crippen molar-refractivity contribution in [2.24, 2.45) is 0 Å². The third-order valence-electron chi connectivity index (χ3n) is 5.62. The number of hydrogen-bond acceptors (Lipinski definition) is 5. The summed E-state index contributed by atoms with van der Waals surface area (Å²) in [5, 5.41) is 10.9. The maximum absolute atomic E-state index is 13.7. The summed E-state index contributed by atoms with van der Waals surface area (Å²) in [5.41, 5.74) is 3.88. The lowest BCUT2D eigenvalue weighted by Gasteiger charge is -2.39. The summed E-state index contributed by atoms with van der Waals surface area (Å²) in [4.78, 5) is 18.4. The van der Waals surface area contributed by atoms with Crippen molar-refractivity contribution < 1.29 is 9.18 Å². The van der Waals surface area contributed by atoms with Crippen molar-refractivity contribution in [1.29, 1.82) is 0 Å². The van der Waals surface area contributed by atoms with Crippen LogP contribution in [0.1, 0.15) is 31.9 Å². The van der Waals surface area contributed by atoms with Crippen LogP contribution in [0.5, 0.6) is 0 Å². The molecule has 31 heavy (non-hydrogen) atoms. The summed E-state index contributed by atoms with van der Waals surface area (Å²) < 4.78 is 15.6. The number of benzene rings is 1. The Kier molecular flexibility index (Phi) is 5.99. The molecule has 3 aromatic rings. The van der Waals surface area contributed by atoms with Crippen LogP contribution in [0.15, 0.2) is 48.9 Å². The van der Waals surface area contributed by atoms with Crippen molar-refractivity contribution in [3.63, 3.8) is 0 Å². The highest BCUT2D eigenvalue weighted by atomic mass is 19.1. The summed E-state index contributed by atoms with van der Waals surface area (Å²) >= 11 is 0. The Morgan fingerprint density at radius 3 is 2.84 bits per heavy atom. The van der Waals surface area contributed by atoms with E-state index in [2.05, 4.69) is 26.8 Å². The average molecular weight is 423 g/mol. The Bertz CT molecular complexity index is 1080. The van der Waals surface area contributed by atoms with Crippen molar-refractivity contribution in [3.05, 3.63) is 60.3 Å². The fourth-order valence-corrected chi connectivity index (χ4v) is 4.18. The zero-order valence-corrected chi connectivity index (χ0v) is 18.0. The number of carbonyl (C=O) groups is 1. The Morgan fingerprint density at radius 1 is 1.26 bits per heavy atom. The van der Waals surface area contributed by atoms with Crippen LogP contribution in [0.4, 0.5) is 15.9 Å². The molecule has 4 rings (SSSR count). The molecule has 0 saturated heterocycles. The number of rotatable bonds is 6. The van der Waals surface area contributed by atoms with Gasteiger partial charge in [0, 0.05) is 49.2 Å². The molecule has 162 valence electrons. The quantitative estimate of drug-likeness (QED) is 0.635. The number of hydrogen-bond donors (Lipinski definition) is 2. The summed E-state index contributed by atoms with van der Waals surface area (Å²) in [6, 6.07) is 8.71. The molecule has 0 aliphatic carbocycles. The van der Waals surface area contributed by atoms with Crippen LogP contribution in [0.2, 0.25) is 0 Å². The van der Waals surface area contributed by atoms with Crippen molar-refractivity contribution in [2.45, 2.75) is 38.9 Å². The van der Waals surface area contributed by atoms with Crippen LogP contribution >= 0.6 is 0 Å². The molecule has 3 heterocycles. The number of likely N-dealkylation sites (N-methyl/N-ethyl adjacent to an activating group) is 1. The summed E-state index contributed by atoms with van der Waals surface area (Å²) in [7, 11) is 1.91. The minimum atomic E-state index is -0.338. The van der Waals surface area contributed by atoms with Gasteiger partial charge in [-0.05, 0) is 49.7 Å². The van der Waals surface area contributed by atoms with Crippen LogP contribution in [0, 0.1) is 5.82 Å². The predicted molar refractivity (Wildman–Crippen MR) is 119 cm³/mol. The second-order valence-electron chi connectivity index (χ2n) is 7.90. The number of halogens is 1. The van der Waals surface area contributed by atoms with E-state index in [1.165, 1.54) is 18.3 Å². The van der Waals surface area contributed by atoms with E-state index in [1.807, 2.05) is 48.1 Å². The molecular weight excluding hydrogens is 395 g/mol. The standard InChI is InChI=1S/C23H27FN6O/c1-15-10-21(28-23-12-19(24)6-7-26-23)20-11-17(4-5-22(20)30(15)16(2)31)18-13-27-29(14-18)9-8-25-3/h4-7,11-15,21,25H,8-10H2,1-3H3,(H,26,28)/t15-,21+/m0/s1. The van der Waals surface area contributed by atoms with Gasteiger partial charge in [0.05, 0.1) is 18.8 Å². The fraction of sp³-hybridized carbons (Fsp3) is 0.348. The zero-order valence-electron chi connectivity index (χ0n) is 18.0. The SMILES string of the molecule is CNCCn1cc(-c2ccc3c(c2)[C@H](Nc2cc(F)ccn2)C[C@H](C)N3C(C)=O)cn1. The molecule has 2 atom stereocenters. The largest absolute Gasteiger partial charge is 0.363 e. The number of pyridine rings is 1. The lowest BCUT2D eigenvalue weighted by molar-refractivity contribution is -0.117. The maximum atomic E-state index is 13.7. The van der Waals surface area contributed by atoms with E-state index in [4.69, 9.17) is 0 Å². The lowest BCUT2D eigenvalue weighted by Crippen LogP contribution is -2.43. The molecule has 2 aromatic heterocycles. The number of carbonyl (C=O) groups excluding carboxylic acids is 1.